The summed E-state index contributed by atoms with van der Waals surface area (Å²) < 4.78 is 5.89. The molecule has 0 saturated heterocycles. The second-order valence-electron chi connectivity index (χ2n) is 5.80. The van der Waals surface area contributed by atoms with Gasteiger partial charge in [0.05, 0.1) is 23.5 Å². The quantitative estimate of drug-likeness (QED) is 0.904. The van der Waals surface area contributed by atoms with Gasteiger partial charge in [0.2, 0.25) is 0 Å². The molecule has 0 radical (unpaired) electrons. The number of aryl methyl sites for hydroxylation is 1. The lowest BCUT2D eigenvalue weighted by Crippen LogP contribution is -2.19. The first kappa shape index (κ1) is 13.9. The topological polar surface area (TPSA) is 34.1 Å². The van der Waals surface area contributed by atoms with E-state index in [9.17, 15) is 0 Å². The van der Waals surface area contributed by atoms with Gasteiger partial charge in [0, 0.05) is 6.20 Å². The molecule has 3 heteroatoms. The van der Waals surface area contributed by atoms with Crippen molar-refractivity contribution in [1.29, 1.82) is 0 Å². The molecule has 0 bridgehead atoms. The monoisotopic (exact) mass is 282 g/mol. The first-order chi connectivity index (χ1) is 10.2. The van der Waals surface area contributed by atoms with Crippen molar-refractivity contribution in [1.82, 2.24) is 4.98 Å². The van der Waals surface area contributed by atoms with Gasteiger partial charge in [0.1, 0.15) is 5.75 Å². The molecule has 21 heavy (non-hydrogen) atoms. The van der Waals surface area contributed by atoms with E-state index in [0.29, 0.717) is 0 Å². The summed E-state index contributed by atoms with van der Waals surface area (Å²) in [5.74, 6) is 0.913. The normalized spacial score (nSPS) is 17.4. The molecular weight excluding hydrogens is 260 g/mol. The molecule has 1 aromatic carbocycles. The van der Waals surface area contributed by atoms with Crippen LogP contribution in [-0.4, -0.2) is 11.1 Å². The molecule has 1 N–H and O–H groups in total. The largest absolute Gasteiger partial charge is 0.489 e. The zero-order valence-corrected chi connectivity index (χ0v) is 12.7. The number of fused-ring (bicyclic) bond motifs is 1. The van der Waals surface area contributed by atoms with Crippen LogP contribution in [0, 0.1) is 0 Å². The van der Waals surface area contributed by atoms with E-state index < -0.39 is 0 Å². The fourth-order valence-electron chi connectivity index (χ4n) is 2.88. The Hall–Kier alpha value is -2.03. The molecule has 1 aliphatic rings. The molecule has 1 heterocycles. The van der Waals surface area contributed by atoms with Gasteiger partial charge in [-0.25, -0.2) is 0 Å². The van der Waals surface area contributed by atoms with Gasteiger partial charge in [0.25, 0.3) is 0 Å². The summed E-state index contributed by atoms with van der Waals surface area (Å²) in [4.78, 5) is 4.58. The second kappa shape index (κ2) is 6.17. The van der Waals surface area contributed by atoms with Gasteiger partial charge in [-0.15, -0.1) is 0 Å². The van der Waals surface area contributed by atoms with Crippen LogP contribution in [0.15, 0.2) is 42.6 Å². The molecule has 1 aromatic heterocycles. The number of ether oxygens (including phenoxy) is 1. The summed E-state index contributed by atoms with van der Waals surface area (Å²) in [5, 5.41) is 3.62. The molecule has 0 spiro atoms. The number of rotatable bonds is 4. The molecule has 3 nitrogen and oxygen atoms in total. The van der Waals surface area contributed by atoms with Crippen LogP contribution in [0.1, 0.15) is 44.0 Å². The number of anilines is 1. The Kier molecular flexibility index (Phi) is 4.09. The number of nitrogens with zero attached hydrogens (tertiary/aromatic N) is 1. The summed E-state index contributed by atoms with van der Waals surface area (Å²) in [6.07, 6.45) is 5.49. The highest BCUT2D eigenvalue weighted by Crippen LogP contribution is 2.34. The number of para-hydroxylation sites is 2. The minimum Gasteiger partial charge on any atom is -0.489 e. The van der Waals surface area contributed by atoms with E-state index in [1.807, 2.05) is 44.3 Å². The summed E-state index contributed by atoms with van der Waals surface area (Å²) in [6.45, 7) is 4.10. The fraction of sp³-hybridized carbons (Fsp3) is 0.389. The third-order valence-electron chi connectivity index (χ3n) is 3.77. The first-order valence-corrected chi connectivity index (χ1v) is 7.70. The summed E-state index contributed by atoms with van der Waals surface area (Å²) >= 11 is 0. The minimum absolute atomic E-state index is 0.171. The molecule has 3 rings (SSSR count). The van der Waals surface area contributed by atoms with Crippen LogP contribution in [0.3, 0.4) is 0 Å². The maximum absolute atomic E-state index is 5.89. The van der Waals surface area contributed by atoms with E-state index in [1.54, 1.807) is 0 Å². The maximum atomic E-state index is 5.89. The van der Waals surface area contributed by atoms with Gasteiger partial charge < -0.3 is 10.1 Å². The maximum Gasteiger partial charge on any atom is 0.142 e. The van der Waals surface area contributed by atoms with Crippen LogP contribution < -0.4 is 10.1 Å². The Balaban J connectivity index is 1.85. The molecule has 1 unspecified atom stereocenters. The summed E-state index contributed by atoms with van der Waals surface area (Å²) in [6, 6.07) is 12.6. The van der Waals surface area contributed by atoms with Crippen LogP contribution >= 0.6 is 0 Å². The van der Waals surface area contributed by atoms with Crippen molar-refractivity contribution in [3.05, 3.63) is 53.9 Å². The molecule has 0 aliphatic heterocycles. The lowest BCUT2D eigenvalue weighted by Gasteiger charge is -2.27. The van der Waals surface area contributed by atoms with Gasteiger partial charge >= 0.3 is 0 Å². The van der Waals surface area contributed by atoms with Gasteiger partial charge in [-0.05, 0) is 56.9 Å². The number of nitrogens with one attached hydrogen (secondary N) is 1. The lowest BCUT2D eigenvalue weighted by atomic mass is 9.92. The molecule has 2 aromatic rings. The standard InChI is InChI=1S/C18H22N2O/c1-13(2)21-17-11-4-3-9-15(17)20-16-10-5-7-14-8-6-12-19-18(14)16/h3-4,6,8-9,11-13,16,20H,5,7,10H2,1-2H3. The molecule has 110 valence electrons. The average Bonchev–Trinajstić information content (AvgIpc) is 2.49. The first-order valence-electron chi connectivity index (χ1n) is 7.70. The van der Waals surface area contributed by atoms with Gasteiger partial charge in [-0.2, -0.15) is 0 Å². The highest BCUT2D eigenvalue weighted by molar-refractivity contribution is 5.57. The fourth-order valence-corrected chi connectivity index (χ4v) is 2.88. The molecule has 1 aliphatic carbocycles. The Morgan fingerprint density at radius 2 is 2.05 bits per heavy atom. The zero-order valence-electron chi connectivity index (χ0n) is 12.7. The third-order valence-corrected chi connectivity index (χ3v) is 3.77. The Morgan fingerprint density at radius 3 is 2.90 bits per heavy atom. The van der Waals surface area contributed by atoms with Crippen molar-refractivity contribution >= 4 is 5.69 Å². The molecular formula is C18H22N2O. The summed E-state index contributed by atoms with van der Waals surface area (Å²) in [5.41, 5.74) is 3.60. The van der Waals surface area contributed by atoms with Crippen molar-refractivity contribution < 1.29 is 4.74 Å². The van der Waals surface area contributed by atoms with Crippen LogP contribution in [0.2, 0.25) is 0 Å². The number of hydrogen-bond donors (Lipinski definition) is 1. The Labute approximate surface area is 126 Å². The zero-order chi connectivity index (χ0) is 14.7. The van der Waals surface area contributed by atoms with Crippen LogP contribution in [0.5, 0.6) is 5.75 Å². The van der Waals surface area contributed by atoms with Crippen LogP contribution in [0.25, 0.3) is 0 Å². The van der Waals surface area contributed by atoms with Crippen molar-refractivity contribution in [2.75, 3.05) is 5.32 Å². The predicted octanol–water partition coefficient (Wildman–Crippen LogP) is 4.36. The minimum atomic E-state index is 0.171. The van der Waals surface area contributed by atoms with E-state index in [0.717, 1.165) is 24.3 Å². The highest BCUT2D eigenvalue weighted by Gasteiger charge is 2.22. The molecule has 0 amide bonds. The second-order valence-corrected chi connectivity index (χ2v) is 5.80. The van der Waals surface area contributed by atoms with Crippen LogP contribution in [0.4, 0.5) is 5.69 Å². The van der Waals surface area contributed by atoms with E-state index in [4.69, 9.17) is 4.74 Å². The molecule has 1 atom stereocenters. The molecule has 0 saturated carbocycles. The highest BCUT2D eigenvalue weighted by atomic mass is 16.5. The number of benzene rings is 1. The van der Waals surface area contributed by atoms with Gasteiger partial charge in [0.15, 0.2) is 0 Å². The van der Waals surface area contributed by atoms with E-state index in [2.05, 4.69) is 22.4 Å². The number of hydrogen-bond acceptors (Lipinski definition) is 3. The summed E-state index contributed by atoms with van der Waals surface area (Å²) in [7, 11) is 0. The van der Waals surface area contributed by atoms with Crippen molar-refractivity contribution in [2.45, 2.75) is 45.3 Å². The van der Waals surface area contributed by atoms with Gasteiger partial charge in [-0.1, -0.05) is 18.2 Å². The smallest absolute Gasteiger partial charge is 0.142 e. The average molecular weight is 282 g/mol. The number of pyridine rings is 1. The third kappa shape index (κ3) is 3.18. The van der Waals surface area contributed by atoms with E-state index in [1.165, 1.54) is 17.7 Å². The van der Waals surface area contributed by atoms with Crippen molar-refractivity contribution in [2.24, 2.45) is 0 Å². The van der Waals surface area contributed by atoms with Crippen molar-refractivity contribution in [3.63, 3.8) is 0 Å². The Bertz CT molecular complexity index is 610. The SMILES string of the molecule is CC(C)Oc1ccccc1NC1CCCc2cccnc21. The number of aromatic nitrogens is 1. The van der Waals surface area contributed by atoms with E-state index in [-0.39, 0.29) is 12.1 Å². The Morgan fingerprint density at radius 1 is 1.19 bits per heavy atom. The van der Waals surface area contributed by atoms with Crippen LogP contribution in [-0.2, 0) is 6.42 Å². The molecule has 0 fully saturated rings. The van der Waals surface area contributed by atoms with E-state index >= 15 is 0 Å². The lowest BCUT2D eigenvalue weighted by molar-refractivity contribution is 0.243. The van der Waals surface area contributed by atoms with Gasteiger partial charge in [-0.3, -0.25) is 4.98 Å². The predicted molar refractivity (Wildman–Crippen MR) is 85.7 cm³/mol. The van der Waals surface area contributed by atoms with Crippen molar-refractivity contribution in [3.8, 4) is 5.75 Å².